The average Bonchev–Trinajstić information content (AvgIpc) is 3.73. The molecule has 0 unspecified atom stereocenters. The number of amides is 3. The van der Waals surface area contributed by atoms with Crippen LogP contribution in [-0.2, 0) is 41.2 Å². The fourth-order valence-corrected chi connectivity index (χ4v) is 5.86. The van der Waals surface area contributed by atoms with Gasteiger partial charge < -0.3 is 39.5 Å². The first-order chi connectivity index (χ1) is 27.6. The van der Waals surface area contributed by atoms with E-state index in [4.69, 9.17) is 14.3 Å². The Morgan fingerprint density at radius 1 is 0.689 bits per heavy atom. The topological polar surface area (TPSA) is 199 Å². The third-order valence-corrected chi connectivity index (χ3v) is 8.68. The van der Waals surface area contributed by atoms with E-state index in [0.717, 1.165) is 33.0 Å². The molecule has 16 heteroatoms. The van der Waals surface area contributed by atoms with E-state index in [2.05, 4.69) is 20.6 Å². The number of hydroxylamine groups is 2. The number of Topliss-reactive ketones (excluding diaryl/α,β-unsaturated/α-hetero) is 1. The zero-order valence-electron chi connectivity index (χ0n) is 36.2. The third-order valence-electron chi connectivity index (χ3n) is 8.68. The van der Waals surface area contributed by atoms with Crippen LogP contribution in [0.25, 0.3) is 22.5 Å². The van der Waals surface area contributed by atoms with Crippen molar-refractivity contribution in [3.8, 4) is 22.5 Å². The van der Waals surface area contributed by atoms with Gasteiger partial charge in [0.15, 0.2) is 11.6 Å². The van der Waals surface area contributed by atoms with Gasteiger partial charge in [-0.3, -0.25) is 14.4 Å². The fraction of sp³-hybridized carbons (Fsp3) is 0.511. The Morgan fingerprint density at radius 2 is 1.05 bits per heavy atom. The van der Waals surface area contributed by atoms with Gasteiger partial charge in [0, 0.05) is 76.9 Å². The molecule has 0 aliphatic heterocycles. The zero-order valence-corrected chi connectivity index (χ0v) is 36.2. The number of rotatable bonds is 15. The minimum Gasteiger partial charge on any atom is -0.444 e. The number of hydrogen-bond donors (Lipinski definition) is 4. The Morgan fingerprint density at radius 3 is 1.36 bits per heavy atom. The molecule has 0 bridgehead atoms. The summed E-state index contributed by atoms with van der Waals surface area (Å²) in [6.45, 7) is 12.3. The number of aliphatic hydroxyl groups is 2. The van der Waals surface area contributed by atoms with Crippen LogP contribution in [0.5, 0.6) is 0 Å². The largest absolute Gasteiger partial charge is 0.444 e. The number of nitrogens with zero attached hydrogens (tertiary/aromatic N) is 5. The van der Waals surface area contributed by atoms with Crippen molar-refractivity contribution in [1.82, 2.24) is 34.8 Å². The normalized spacial score (nSPS) is 12.0. The second-order valence-corrected chi connectivity index (χ2v) is 16.2. The Labute approximate surface area is 361 Å². The number of aryl methyl sites for hydroxylation is 2. The van der Waals surface area contributed by atoms with E-state index in [0.29, 0.717) is 37.2 Å². The highest BCUT2D eigenvalue weighted by atomic mass is 16.7. The van der Waals surface area contributed by atoms with E-state index < -0.39 is 23.4 Å². The predicted octanol–water partition coefficient (Wildman–Crippen LogP) is 6.92. The first-order valence-electron chi connectivity index (χ1n) is 19.4. The van der Waals surface area contributed by atoms with Crippen LogP contribution in [0, 0.1) is 0 Å². The van der Waals surface area contributed by atoms with Gasteiger partial charge in [0.1, 0.15) is 11.2 Å². The third kappa shape index (κ3) is 17.5. The molecule has 0 fully saturated rings. The molecule has 2 atom stereocenters. The molecular formula is C45H69N7O9. The van der Waals surface area contributed by atoms with Gasteiger partial charge in [-0.2, -0.15) is 0 Å². The van der Waals surface area contributed by atoms with Gasteiger partial charge in [0.05, 0.1) is 18.5 Å². The average molecular weight is 852 g/mol. The summed E-state index contributed by atoms with van der Waals surface area (Å²) in [4.78, 5) is 61.7. The summed E-state index contributed by atoms with van der Waals surface area (Å²) in [6, 6.07) is 15.0. The molecule has 0 spiro atoms. The quantitative estimate of drug-likeness (QED) is 0.0715. The van der Waals surface area contributed by atoms with Gasteiger partial charge in [-0.05, 0) is 78.4 Å². The lowest BCUT2D eigenvalue weighted by Crippen LogP contribution is -2.40. The second kappa shape index (κ2) is 24.0. The number of carbonyl (C=O) groups is 4. The summed E-state index contributed by atoms with van der Waals surface area (Å²) >= 11 is 0. The van der Waals surface area contributed by atoms with E-state index in [1.807, 2.05) is 75.5 Å². The fourth-order valence-electron chi connectivity index (χ4n) is 5.86. The van der Waals surface area contributed by atoms with Crippen LogP contribution in [0.2, 0.25) is 0 Å². The molecule has 3 amide bonds. The smallest absolute Gasteiger partial charge is 0.407 e. The summed E-state index contributed by atoms with van der Waals surface area (Å²) < 4.78 is 14.0. The van der Waals surface area contributed by atoms with E-state index in [-0.39, 0.29) is 57.7 Å². The highest BCUT2D eigenvalue weighted by Crippen LogP contribution is 2.22. The Balaban J connectivity index is 0.000000593. The van der Waals surface area contributed by atoms with Crippen molar-refractivity contribution in [2.24, 2.45) is 14.1 Å². The van der Waals surface area contributed by atoms with E-state index in [9.17, 15) is 29.4 Å². The van der Waals surface area contributed by atoms with Crippen molar-refractivity contribution >= 4 is 23.9 Å². The summed E-state index contributed by atoms with van der Waals surface area (Å²) in [5.74, 6) is 0.273. The lowest BCUT2D eigenvalue weighted by Gasteiger charge is -2.23. The standard InChI is InChI=1S/C22H32N4O5.C21H29N3O4.2CH4/c1-22(2,3)31-21(29)23-17(11-12-27)13-15-7-9-16(10-8-15)18-14-25(4)19(24-18)20(28)26(5)30-6;1-14(26)19-23-18(13-24(19)5)16-8-6-15(7-9-16)12-17(10-11-25)22-20(27)28-21(2,3)4;;/h7-10,14,17,27H,11-13H2,1-6H3,(H,23,29);6-9,13,17,25H,10-12H2,1-5H3,(H,22,27);2*1H4/t2*17-;;/m00../s1. The van der Waals surface area contributed by atoms with Crippen LogP contribution in [0.3, 0.4) is 0 Å². The number of imidazole rings is 2. The SMILES string of the molecule is C.C.CC(=O)c1nc(-c2ccc(C[C@H](CCO)NC(=O)OC(C)(C)C)cc2)cn1C.CON(C)C(=O)c1nc(-c2ccc(C[C@H](CCO)NC(=O)OC(C)(C)C)cc2)cn1C. The second-order valence-electron chi connectivity index (χ2n) is 16.2. The molecule has 4 aromatic rings. The lowest BCUT2D eigenvalue weighted by atomic mass is 10.0. The molecule has 4 rings (SSSR count). The van der Waals surface area contributed by atoms with Crippen LogP contribution < -0.4 is 10.6 Å². The van der Waals surface area contributed by atoms with Crippen LogP contribution in [0.1, 0.15) is 109 Å². The van der Waals surface area contributed by atoms with E-state index in [1.54, 1.807) is 50.2 Å². The first kappa shape index (κ1) is 53.4. The summed E-state index contributed by atoms with van der Waals surface area (Å²) in [5, 5.41) is 25.4. The van der Waals surface area contributed by atoms with Crippen molar-refractivity contribution in [3.05, 3.63) is 83.7 Å². The minimum absolute atomic E-state index is 0. The molecule has 4 N–H and O–H groups in total. The molecule has 338 valence electrons. The molecule has 16 nitrogen and oxygen atoms in total. The Bertz CT molecular complexity index is 1990. The summed E-state index contributed by atoms with van der Waals surface area (Å²) in [5.41, 5.74) is 4.01. The maximum Gasteiger partial charge on any atom is 0.407 e. The highest BCUT2D eigenvalue weighted by Gasteiger charge is 2.22. The van der Waals surface area contributed by atoms with Crippen molar-refractivity contribution in [2.45, 2.75) is 112 Å². The number of hydrogen-bond acceptors (Lipinski definition) is 11. The molecule has 0 radical (unpaired) electrons. The van der Waals surface area contributed by atoms with Gasteiger partial charge in [0.2, 0.25) is 5.82 Å². The molecular weight excluding hydrogens is 783 g/mol. The van der Waals surface area contributed by atoms with Crippen LogP contribution in [0.15, 0.2) is 60.9 Å². The number of aliphatic hydroxyl groups excluding tert-OH is 2. The maximum absolute atomic E-state index is 12.3. The van der Waals surface area contributed by atoms with Crippen molar-refractivity contribution in [2.75, 3.05) is 27.4 Å². The van der Waals surface area contributed by atoms with Crippen molar-refractivity contribution in [1.29, 1.82) is 0 Å². The van der Waals surface area contributed by atoms with Crippen LogP contribution in [-0.4, -0.2) is 109 Å². The molecule has 0 saturated carbocycles. The molecule has 2 aromatic heterocycles. The number of nitrogens with one attached hydrogen (secondary N) is 2. The monoisotopic (exact) mass is 852 g/mol. The zero-order chi connectivity index (χ0) is 44.1. The minimum atomic E-state index is -0.587. The highest BCUT2D eigenvalue weighted by molar-refractivity contribution is 5.91. The van der Waals surface area contributed by atoms with Crippen molar-refractivity contribution < 1.29 is 43.7 Å². The van der Waals surface area contributed by atoms with Gasteiger partial charge in [-0.25, -0.2) is 24.6 Å². The Kier molecular flexibility index (Phi) is 21.0. The lowest BCUT2D eigenvalue weighted by molar-refractivity contribution is -0.0766. The van der Waals surface area contributed by atoms with E-state index >= 15 is 0 Å². The van der Waals surface area contributed by atoms with Gasteiger partial charge in [-0.15, -0.1) is 0 Å². The number of ketones is 1. The van der Waals surface area contributed by atoms with E-state index in [1.165, 1.54) is 21.1 Å². The van der Waals surface area contributed by atoms with Gasteiger partial charge in [0.25, 0.3) is 0 Å². The summed E-state index contributed by atoms with van der Waals surface area (Å²) in [6.07, 6.45) is 4.57. The number of benzene rings is 2. The number of aromatic nitrogens is 4. The maximum atomic E-state index is 12.3. The van der Waals surface area contributed by atoms with Crippen LogP contribution in [0.4, 0.5) is 9.59 Å². The molecule has 2 aromatic carbocycles. The van der Waals surface area contributed by atoms with Gasteiger partial charge >= 0.3 is 18.1 Å². The molecule has 0 saturated heterocycles. The number of ether oxygens (including phenoxy) is 2. The molecule has 0 aliphatic carbocycles. The number of carbonyl (C=O) groups excluding carboxylic acids is 4. The van der Waals surface area contributed by atoms with Crippen LogP contribution >= 0.6 is 0 Å². The summed E-state index contributed by atoms with van der Waals surface area (Å²) in [7, 11) is 6.49. The molecule has 61 heavy (non-hydrogen) atoms. The Hall–Kier alpha value is -5.58. The van der Waals surface area contributed by atoms with Crippen molar-refractivity contribution in [3.63, 3.8) is 0 Å². The number of alkyl carbamates (subject to hydrolysis) is 2. The first-order valence-corrected chi connectivity index (χ1v) is 19.4. The predicted molar refractivity (Wildman–Crippen MR) is 237 cm³/mol. The molecule has 0 aliphatic rings. The van der Waals surface area contributed by atoms with Gasteiger partial charge in [-0.1, -0.05) is 63.4 Å². The molecule has 2 heterocycles.